The van der Waals surface area contributed by atoms with Gasteiger partial charge in [0, 0.05) is 13.1 Å². The monoisotopic (exact) mass is 338 g/mol. The molecule has 0 amide bonds. The summed E-state index contributed by atoms with van der Waals surface area (Å²) in [4.78, 5) is 0. The molecule has 0 heterocycles. The van der Waals surface area contributed by atoms with E-state index in [-0.39, 0.29) is 0 Å². The first-order valence-electron chi connectivity index (χ1n) is 8.37. The molecule has 2 N–H and O–H groups in total. The van der Waals surface area contributed by atoms with E-state index in [1.807, 2.05) is 18.2 Å². The average molecular weight is 339 g/mol. The van der Waals surface area contributed by atoms with E-state index >= 15 is 0 Å². The summed E-state index contributed by atoms with van der Waals surface area (Å²) in [6.07, 6.45) is 4.98. The molecule has 0 unspecified atom stereocenters. The first-order chi connectivity index (χ1) is 11.1. The Morgan fingerprint density at radius 2 is 1.87 bits per heavy atom. The molecule has 0 spiro atoms. The number of hydrogen-bond donors (Lipinski definition) is 2. The van der Waals surface area contributed by atoms with Crippen molar-refractivity contribution in [2.45, 2.75) is 46.1 Å². The normalized spacial score (nSPS) is 11.7. The Morgan fingerprint density at radius 1 is 1.13 bits per heavy atom. The van der Waals surface area contributed by atoms with Gasteiger partial charge in [-0.3, -0.25) is 0 Å². The van der Waals surface area contributed by atoms with Gasteiger partial charge in [-0.05, 0) is 42.3 Å². The zero-order valence-corrected chi connectivity index (χ0v) is 15.6. The van der Waals surface area contributed by atoms with Gasteiger partial charge in [0.25, 0.3) is 0 Å². The molecule has 0 saturated heterocycles. The quantitative estimate of drug-likeness (QED) is 0.634. The number of hydrogen-bond acceptors (Lipinski definition) is 3. The summed E-state index contributed by atoms with van der Waals surface area (Å²) in [6.45, 7) is 6.07. The predicted octanol–water partition coefficient (Wildman–Crippen LogP) is 3.88. The van der Waals surface area contributed by atoms with E-state index in [9.17, 15) is 0 Å². The molecule has 23 heavy (non-hydrogen) atoms. The SMILES string of the molecule is CCCC[C@@H](CC)CNC(=S)NCc1ccc(OC)c(OC)c1. The maximum Gasteiger partial charge on any atom is 0.166 e. The molecule has 4 nitrogen and oxygen atoms in total. The molecule has 1 atom stereocenters. The second-order valence-corrected chi connectivity index (χ2v) is 6.08. The van der Waals surface area contributed by atoms with Crippen LogP contribution in [0.1, 0.15) is 45.1 Å². The minimum Gasteiger partial charge on any atom is -0.493 e. The predicted molar refractivity (Wildman–Crippen MR) is 100 cm³/mol. The van der Waals surface area contributed by atoms with Gasteiger partial charge in [0.2, 0.25) is 0 Å². The van der Waals surface area contributed by atoms with Crippen molar-refractivity contribution in [2.24, 2.45) is 5.92 Å². The number of rotatable bonds is 10. The third-order valence-corrected chi connectivity index (χ3v) is 4.28. The van der Waals surface area contributed by atoms with E-state index < -0.39 is 0 Å². The van der Waals surface area contributed by atoms with Gasteiger partial charge in [-0.2, -0.15) is 0 Å². The summed E-state index contributed by atoms with van der Waals surface area (Å²) in [6, 6.07) is 5.88. The van der Waals surface area contributed by atoms with Crippen LogP contribution in [0, 0.1) is 5.92 Å². The van der Waals surface area contributed by atoms with Crippen molar-refractivity contribution >= 4 is 17.3 Å². The Labute approximate surface area is 145 Å². The Hall–Kier alpha value is -1.49. The maximum absolute atomic E-state index is 5.36. The number of unbranched alkanes of at least 4 members (excludes halogenated alkanes) is 1. The molecule has 0 aliphatic rings. The van der Waals surface area contributed by atoms with Crippen LogP contribution in [0.4, 0.5) is 0 Å². The molecule has 5 heteroatoms. The Bertz CT molecular complexity index is 480. The Balaban J connectivity index is 2.41. The molecule has 0 fully saturated rings. The zero-order chi connectivity index (χ0) is 17.1. The summed E-state index contributed by atoms with van der Waals surface area (Å²) in [7, 11) is 3.28. The zero-order valence-electron chi connectivity index (χ0n) is 14.8. The Morgan fingerprint density at radius 3 is 2.48 bits per heavy atom. The minimum absolute atomic E-state index is 0.665. The van der Waals surface area contributed by atoms with Gasteiger partial charge in [-0.25, -0.2) is 0 Å². The highest BCUT2D eigenvalue weighted by molar-refractivity contribution is 7.80. The highest BCUT2D eigenvalue weighted by Gasteiger charge is 2.07. The van der Waals surface area contributed by atoms with E-state index in [0.717, 1.165) is 23.6 Å². The molecule has 0 aromatic heterocycles. The van der Waals surface area contributed by atoms with Crippen LogP contribution in [0.3, 0.4) is 0 Å². The van der Waals surface area contributed by atoms with Gasteiger partial charge in [-0.15, -0.1) is 0 Å². The standard InChI is InChI=1S/C18H30N2O2S/c1-5-7-8-14(6-2)12-19-18(23)20-13-15-9-10-16(21-3)17(11-15)22-4/h9-11,14H,5-8,12-13H2,1-4H3,(H2,19,20,23)/t14-/m1/s1. The molecule has 0 bridgehead atoms. The van der Waals surface area contributed by atoms with Gasteiger partial charge in [0.1, 0.15) is 0 Å². The lowest BCUT2D eigenvalue weighted by atomic mass is 9.99. The smallest absolute Gasteiger partial charge is 0.166 e. The van der Waals surface area contributed by atoms with Crippen molar-refractivity contribution in [1.82, 2.24) is 10.6 Å². The number of nitrogens with one attached hydrogen (secondary N) is 2. The van der Waals surface area contributed by atoms with Gasteiger partial charge in [0.15, 0.2) is 16.6 Å². The van der Waals surface area contributed by atoms with Gasteiger partial charge >= 0.3 is 0 Å². The third-order valence-electron chi connectivity index (χ3n) is 4.00. The summed E-state index contributed by atoms with van der Waals surface area (Å²) in [5, 5.41) is 7.28. The summed E-state index contributed by atoms with van der Waals surface area (Å²) >= 11 is 5.36. The maximum atomic E-state index is 5.36. The topological polar surface area (TPSA) is 42.5 Å². The van der Waals surface area contributed by atoms with Crippen molar-refractivity contribution in [2.75, 3.05) is 20.8 Å². The van der Waals surface area contributed by atoms with Crippen LogP contribution >= 0.6 is 12.2 Å². The van der Waals surface area contributed by atoms with E-state index in [2.05, 4.69) is 24.5 Å². The number of thiocarbonyl (C=S) groups is 1. The molecule has 0 radical (unpaired) electrons. The van der Waals surface area contributed by atoms with Crippen LogP contribution in [-0.2, 0) is 6.54 Å². The van der Waals surface area contributed by atoms with Crippen molar-refractivity contribution < 1.29 is 9.47 Å². The lowest BCUT2D eigenvalue weighted by molar-refractivity contribution is 0.354. The van der Waals surface area contributed by atoms with Crippen LogP contribution in [0.15, 0.2) is 18.2 Å². The summed E-state index contributed by atoms with van der Waals surface area (Å²) in [5.74, 6) is 2.16. The molecule has 1 aromatic carbocycles. The van der Waals surface area contributed by atoms with Crippen molar-refractivity contribution in [3.8, 4) is 11.5 Å². The second kappa shape index (κ2) is 11.1. The van der Waals surface area contributed by atoms with Crippen molar-refractivity contribution in [3.05, 3.63) is 23.8 Å². The Kier molecular flexibility index (Phi) is 9.45. The molecule has 0 saturated carbocycles. The van der Waals surface area contributed by atoms with Crippen molar-refractivity contribution in [1.29, 1.82) is 0 Å². The number of methoxy groups -OCH3 is 2. The first kappa shape index (κ1) is 19.6. The van der Waals surface area contributed by atoms with Gasteiger partial charge in [-0.1, -0.05) is 39.2 Å². The minimum atomic E-state index is 0.665. The van der Waals surface area contributed by atoms with E-state index in [1.165, 1.54) is 25.7 Å². The van der Waals surface area contributed by atoms with E-state index in [4.69, 9.17) is 21.7 Å². The van der Waals surface area contributed by atoms with Crippen LogP contribution in [0.2, 0.25) is 0 Å². The van der Waals surface area contributed by atoms with E-state index in [0.29, 0.717) is 17.6 Å². The fourth-order valence-electron chi connectivity index (χ4n) is 2.42. The van der Waals surface area contributed by atoms with Crippen LogP contribution in [0.25, 0.3) is 0 Å². The summed E-state index contributed by atoms with van der Waals surface area (Å²) < 4.78 is 10.6. The molecule has 130 valence electrons. The first-order valence-corrected chi connectivity index (χ1v) is 8.77. The lowest BCUT2D eigenvalue weighted by Crippen LogP contribution is -2.37. The third kappa shape index (κ3) is 7.08. The van der Waals surface area contributed by atoms with Crippen LogP contribution in [-0.4, -0.2) is 25.9 Å². The lowest BCUT2D eigenvalue weighted by Gasteiger charge is -2.17. The molecular weight excluding hydrogens is 308 g/mol. The van der Waals surface area contributed by atoms with Crippen molar-refractivity contribution in [3.63, 3.8) is 0 Å². The van der Waals surface area contributed by atoms with Crippen LogP contribution in [0.5, 0.6) is 11.5 Å². The van der Waals surface area contributed by atoms with Gasteiger partial charge < -0.3 is 20.1 Å². The molecule has 1 aromatic rings. The van der Waals surface area contributed by atoms with Crippen LogP contribution < -0.4 is 20.1 Å². The summed E-state index contributed by atoms with van der Waals surface area (Å²) in [5.41, 5.74) is 1.10. The highest BCUT2D eigenvalue weighted by Crippen LogP contribution is 2.27. The molecule has 0 aliphatic carbocycles. The second-order valence-electron chi connectivity index (χ2n) is 5.67. The fraction of sp³-hybridized carbons (Fsp3) is 0.611. The fourth-order valence-corrected chi connectivity index (χ4v) is 2.57. The highest BCUT2D eigenvalue weighted by atomic mass is 32.1. The number of benzene rings is 1. The average Bonchev–Trinajstić information content (AvgIpc) is 2.59. The largest absolute Gasteiger partial charge is 0.493 e. The van der Waals surface area contributed by atoms with E-state index in [1.54, 1.807) is 14.2 Å². The molecule has 0 aliphatic heterocycles. The molecular formula is C18H30N2O2S. The number of ether oxygens (including phenoxy) is 2. The van der Waals surface area contributed by atoms with Gasteiger partial charge in [0.05, 0.1) is 14.2 Å². The molecule has 1 rings (SSSR count).